The molecule has 1 aromatic rings. The van der Waals surface area contributed by atoms with Crippen molar-refractivity contribution in [2.24, 2.45) is 5.92 Å². The van der Waals surface area contributed by atoms with Crippen LogP contribution in [0.25, 0.3) is 0 Å². The predicted molar refractivity (Wildman–Crippen MR) is 64.8 cm³/mol. The second-order valence-corrected chi connectivity index (χ2v) is 4.28. The fourth-order valence-corrected chi connectivity index (χ4v) is 1.96. The molecule has 4 heteroatoms. The fourth-order valence-electron chi connectivity index (χ4n) is 1.96. The number of allylic oxidation sites excluding steroid dienone is 1. The van der Waals surface area contributed by atoms with Crippen molar-refractivity contribution in [3.05, 3.63) is 41.5 Å². The highest BCUT2D eigenvalue weighted by molar-refractivity contribution is 5.36. The standard InChI is InChI=1S/C14H16F2O2/c1-3-12-13(14(12,15)16)9-18-8-10-4-6-11(17-2)7-5-10/h3-7,13H,8-9H2,1-2H3/b12-3+. The summed E-state index contributed by atoms with van der Waals surface area (Å²) in [5, 5.41) is 0. The number of methoxy groups -OCH3 is 1. The van der Waals surface area contributed by atoms with E-state index >= 15 is 0 Å². The molecule has 1 aliphatic carbocycles. The minimum absolute atomic E-state index is 0.0682. The molecule has 0 radical (unpaired) electrons. The number of ether oxygens (including phenoxy) is 2. The van der Waals surface area contributed by atoms with Gasteiger partial charge in [0, 0.05) is 5.57 Å². The first kappa shape index (κ1) is 13.0. The Morgan fingerprint density at radius 3 is 2.44 bits per heavy atom. The van der Waals surface area contributed by atoms with Gasteiger partial charge in [-0.25, -0.2) is 8.78 Å². The van der Waals surface area contributed by atoms with Gasteiger partial charge in [0.25, 0.3) is 5.92 Å². The molecule has 0 heterocycles. The lowest BCUT2D eigenvalue weighted by Crippen LogP contribution is -2.03. The van der Waals surface area contributed by atoms with E-state index in [0.717, 1.165) is 11.3 Å². The van der Waals surface area contributed by atoms with Crippen molar-refractivity contribution in [1.29, 1.82) is 0 Å². The summed E-state index contributed by atoms with van der Waals surface area (Å²) < 4.78 is 36.6. The maximum atomic E-state index is 13.1. The molecule has 18 heavy (non-hydrogen) atoms. The average Bonchev–Trinajstić information content (AvgIpc) is 2.91. The second-order valence-electron chi connectivity index (χ2n) is 4.28. The van der Waals surface area contributed by atoms with Crippen LogP contribution in [0.2, 0.25) is 0 Å². The van der Waals surface area contributed by atoms with Gasteiger partial charge in [0.15, 0.2) is 0 Å². The van der Waals surface area contributed by atoms with Crippen LogP contribution < -0.4 is 4.74 Å². The molecule has 0 spiro atoms. The Labute approximate surface area is 105 Å². The Kier molecular flexibility index (Phi) is 3.66. The Hall–Kier alpha value is -1.42. The Morgan fingerprint density at radius 1 is 1.28 bits per heavy atom. The van der Waals surface area contributed by atoms with Crippen LogP contribution in [0, 0.1) is 5.92 Å². The van der Waals surface area contributed by atoms with E-state index in [1.54, 1.807) is 14.0 Å². The van der Waals surface area contributed by atoms with Gasteiger partial charge >= 0.3 is 0 Å². The molecule has 2 nitrogen and oxygen atoms in total. The number of halogens is 2. The SMILES string of the molecule is C/C=C1\C(COCc2ccc(OC)cc2)C1(F)F. The maximum absolute atomic E-state index is 13.1. The number of hydrogen-bond donors (Lipinski definition) is 0. The normalized spacial score (nSPS) is 23.1. The number of benzene rings is 1. The van der Waals surface area contributed by atoms with Crippen LogP contribution in [0.4, 0.5) is 8.78 Å². The van der Waals surface area contributed by atoms with Gasteiger partial charge in [0.2, 0.25) is 0 Å². The van der Waals surface area contributed by atoms with E-state index in [1.165, 1.54) is 6.08 Å². The van der Waals surface area contributed by atoms with Gasteiger partial charge in [0.05, 0.1) is 26.2 Å². The van der Waals surface area contributed by atoms with Crippen molar-refractivity contribution in [3.8, 4) is 5.75 Å². The van der Waals surface area contributed by atoms with Crippen LogP contribution >= 0.6 is 0 Å². The van der Waals surface area contributed by atoms with Gasteiger partial charge in [-0.05, 0) is 24.6 Å². The second kappa shape index (κ2) is 5.06. The zero-order valence-corrected chi connectivity index (χ0v) is 10.5. The van der Waals surface area contributed by atoms with Crippen molar-refractivity contribution < 1.29 is 18.3 Å². The molecule has 0 N–H and O–H groups in total. The van der Waals surface area contributed by atoms with Gasteiger partial charge in [-0.3, -0.25) is 0 Å². The summed E-state index contributed by atoms with van der Waals surface area (Å²) in [5.74, 6) is -2.63. The van der Waals surface area contributed by atoms with Crippen molar-refractivity contribution in [2.75, 3.05) is 13.7 Å². The molecule has 2 rings (SSSR count). The fraction of sp³-hybridized carbons (Fsp3) is 0.429. The number of alkyl halides is 2. The zero-order chi connectivity index (χ0) is 13.2. The molecule has 1 saturated carbocycles. The minimum atomic E-state index is -2.66. The van der Waals surface area contributed by atoms with Crippen LogP contribution in [-0.4, -0.2) is 19.6 Å². The Bertz CT molecular complexity index is 438. The van der Waals surface area contributed by atoms with Gasteiger partial charge in [-0.2, -0.15) is 0 Å². The molecule has 0 aliphatic heterocycles. The number of rotatable bonds is 5. The lowest BCUT2D eigenvalue weighted by molar-refractivity contribution is 0.0508. The first-order valence-corrected chi connectivity index (χ1v) is 5.84. The highest BCUT2D eigenvalue weighted by Gasteiger charge is 2.62. The van der Waals surface area contributed by atoms with Crippen LogP contribution in [0.3, 0.4) is 0 Å². The molecule has 1 atom stereocenters. The highest BCUT2D eigenvalue weighted by Crippen LogP contribution is 2.54. The van der Waals surface area contributed by atoms with E-state index in [1.807, 2.05) is 24.3 Å². The highest BCUT2D eigenvalue weighted by atomic mass is 19.3. The van der Waals surface area contributed by atoms with E-state index in [2.05, 4.69) is 0 Å². The first-order valence-electron chi connectivity index (χ1n) is 5.84. The van der Waals surface area contributed by atoms with E-state index < -0.39 is 11.8 Å². The first-order chi connectivity index (χ1) is 8.59. The zero-order valence-electron chi connectivity index (χ0n) is 10.5. The molecule has 98 valence electrons. The van der Waals surface area contributed by atoms with E-state index in [0.29, 0.717) is 6.61 Å². The largest absolute Gasteiger partial charge is 0.497 e. The molecule has 1 aliphatic rings. The third kappa shape index (κ3) is 2.53. The monoisotopic (exact) mass is 254 g/mol. The van der Waals surface area contributed by atoms with E-state index in [4.69, 9.17) is 9.47 Å². The van der Waals surface area contributed by atoms with Crippen LogP contribution in [-0.2, 0) is 11.3 Å². The topological polar surface area (TPSA) is 18.5 Å². The molecule has 0 saturated heterocycles. The van der Waals surface area contributed by atoms with Gasteiger partial charge in [-0.15, -0.1) is 0 Å². The van der Waals surface area contributed by atoms with Crippen molar-refractivity contribution in [2.45, 2.75) is 19.5 Å². The van der Waals surface area contributed by atoms with Crippen molar-refractivity contribution in [3.63, 3.8) is 0 Å². The third-order valence-corrected chi connectivity index (χ3v) is 3.14. The molecular weight excluding hydrogens is 238 g/mol. The molecule has 1 fully saturated rings. The molecule has 1 unspecified atom stereocenters. The lowest BCUT2D eigenvalue weighted by Gasteiger charge is -2.04. The van der Waals surface area contributed by atoms with E-state index in [9.17, 15) is 8.78 Å². The summed E-state index contributed by atoms with van der Waals surface area (Å²) in [7, 11) is 1.60. The minimum Gasteiger partial charge on any atom is -0.497 e. The van der Waals surface area contributed by atoms with Gasteiger partial charge < -0.3 is 9.47 Å². The number of hydrogen-bond acceptors (Lipinski definition) is 2. The molecule has 1 aromatic carbocycles. The Morgan fingerprint density at radius 2 is 1.94 bits per heavy atom. The summed E-state index contributed by atoms with van der Waals surface area (Å²) in [6, 6.07) is 7.37. The summed E-state index contributed by atoms with van der Waals surface area (Å²) in [4.78, 5) is 0. The van der Waals surface area contributed by atoms with E-state index in [-0.39, 0.29) is 12.2 Å². The van der Waals surface area contributed by atoms with Gasteiger partial charge in [-0.1, -0.05) is 18.2 Å². The molecule has 0 bridgehead atoms. The van der Waals surface area contributed by atoms with Crippen LogP contribution in [0.1, 0.15) is 12.5 Å². The summed E-state index contributed by atoms with van der Waals surface area (Å²) in [5.41, 5.74) is 1.14. The maximum Gasteiger partial charge on any atom is 0.278 e. The smallest absolute Gasteiger partial charge is 0.278 e. The third-order valence-electron chi connectivity index (χ3n) is 3.14. The predicted octanol–water partition coefficient (Wildman–Crippen LogP) is 3.42. The lowest BCUT2D eigenvalue weighted by atomic mass is 10.2. The summed E-state index contributed by atoms with van der Waals surface area (Å²) in [6.45, 7) is 2.04. The van der Waals surface area contributed by atoms with Gasteiger partial charge in [0.1, 0.15) is 5.75 Å². The average molecular weight is 254 g/mol. The quantitative estimate of drug-likeness (QED) is 0.749. The van der Waals surface area contributed by atoms with Crippen LogP contribution in [0.15, 0.2) is 35.9 Å². The van der Waals surface area contributed by atoms with Crippen molar-refractivity contribution >= 4 is 0 Å². The Balaban J connectivity index is 1.79. The molecule has 0 amide bonds. The molecule has 0 aromatic heterocycles. The van der Waals surface area contributed by atoms with Crippen LogP contribution in [0.5, 0.6) is 5.75 Å². The summed E-state index contributed by atoms with van der Waals surface area (Å²) >= 11 is 0. The van der Waals surface area contributed by atoms with Crippen molar-refractivity contribution in [1.82, 2.24) is 0 Å². The summed E-state index contributed by atoms with van der Waals surface area (Å²) in [6.07, 6.45) is 1.47. The molecular formula is C14H16F2O2.